The molecule has 0 bridgehead atoms. The molecule has 0 amide bonds. The van der Waals surface area contributed by atoms with Crippen LogP contribution in [0.2, 0.25) is 13.1 Å². The smallest absolute Gasteiger partial charge is 0.131 e. The van der Waals surface area contributed by atoms with Gasteiger partial charge in [0.2, 0.25) is 0 Å². The molecule has 0 fully saturated rings. The fraction of sp³-hybridized carbons (Fsp3) is 0.467. The number of halogens is 2. The Labute approximate surface area is 155 Å². The van der Waals surface area contributed by atoms with Gasteiger partial charge in [0, 0.05) is 36.9 Å². The SMILES string of the molecule is CC(C)(C)N[Si](C)(C)C1C=Cc2ccccc21.[Cl-].[Cl-].[Hf]. The van der Waals surface area contributed by atoms with Gasteiger partial charge in [0.1, 0.15) is 8.24 Å². The Bertz CT molecular complexity index is 455. The van der Waals surface area contributed by atoms with Crippen LogP contribution in [-0.4, -0.2) is 13.8 Å². The predicted molar refractivity (Wildman–Crippen MR) is 78.6 cm³/mol. The van der Waals surface area contributed by atoms with Gasteiger partial charge in [-0.15, -0.1) is 0 Å². The Morgan fingerprint density at radius 2 is 1.60 bits per heavy atom. The number of allylic oxidation sites excluding steroid dienone is 1. The molecule has 2 rings (SSSR count). The number of benzene rings is 1. The zero-order valence-electron chi connectivity index (χ0n) is 12.8. The van der Waals surface area contributed by atoms with E-state index in [9.17, 15) is 0 Å². The van der Waals surface area contributed by atoms with Gasteiger partial charge < -0.3 is 29.8 Å². The Morgan fingerprint density at radius 3 is 2.15 bits per heavy atom. The zero-order valence-corrected chi connectivity index (χ0v) is 18.9. The third kappa shape index (κ3) is 5.41. The van der Waals surface area contributed by atoms with Gasteiger partial charge in [-0.2, -0.15) is 0 Å². The summed E-state index contributed by atoms with van der Waals surface area (Å²) >= 11 is 0. The van der Waals surface area contributed by atoms with E-state index < -0.39 is 8.24 Å². The first-order valence-corrected chi connectivity index (χ1v) is 9.44. The summed E-state index contributed by atoms with van der Waals surface area (Å²) in [5, 5.41) is 0. The summed E-state index contributed by atoms with van der Waals surface area (Å²) in [5.41, 5.74) is 3.69. The second-order valence-electron chi connectivity index (χ2n) is 6.56. The van der Waals surface area contributed by atoms with Gasteiger partial charge in [0.25, 0.3) is 0 Å². The van der Waals surface area contributed by atoms with Gasteiger partial charge in [0.15, 0.2) is 0 Å². The molecule has 1 atom stereocenters. The van der Waals surface area contributed by atoms with Crippen LogP contribution in [0.3, 0.4) is 0 Å². The molecule has 112 valence electrons. The van der Waals surface area contributed by atoms with Crippen molar-refractivity contribution in [1.29, 1.82) is 0 Å². The van der Waals surface area contributed by atoms with Gasteiger partial charge in [0.05, 0.1) is 0 Å². The first-order valence-electron chi connectivity index (χ1n) is 6.36. The normalized spacial score (nSPS) is 16.6. The van der Waals surface area contributed by atoms with E-state index in [1.54, 1.807) is 0 Å². The van der Waals surface area contributed by atoms with Crippen LogP contribution >= 0.6 is 0 Å². The molecule has 0 aliphatic heterocycles. The van der Waals surface area contributed by atoms with E-state index in [0.29, 0.717) is 5.54 Å². The van der Waals surface area contributed by atoms with Gasteiger partial charge in [-0.1, -0.05) is 49.5 Å². The van der Waals surface area contributed by atoms with Gasteiger partial charge >= 0.3 is 0 Å². The minimum atomic E-state index is -1.49. The van der Waals surface area contributed by atoms with Crippen LogP contribution in [0.1, 0.15) is 37.4 Å². The molecule has 0 saturated carbocycles. The summed E-state index contributed by atoms with van der Waals surface area (Å²) in [6.07, 6.45) is 4.66. The topological polar surface area (TPSA) is 12.0 Å². The molecule has 1 aliphatic carbocycles. The second-order valence-corrected chi connectivity index (χ2v) is 10.9. The fourth-order valence-electron chi connectivity index (χ4n) is 2.92. The minimum Gasteiger partial charge on any atom is -1.00 e. The number of rotatable bonds is 2. The Kier molecular flexibility index (Phi) is 9.47. The van der Waals surface area contributed by atoms with E-state index in [1.165, 1.54) is 11.1 Å². The van der Waals surface area contributed by atoms with Crippen molar-refractivity contribution in [3.05, 3.63) is 41.5 Å². The summed E-state index contributed by atoms with van der Waals surface area (Å²) in [4.78, 5) is 3.87. The molecular weight excluding hydrogens is 472 g/mol. The van der Waals surface area contributed by atoms with E-state index in [2.05, 4.69) is 75.3 Å². The van der Waals surface area contributed by atoms with E-state index in [0.717, 1.165) is 0 Å². The molecule has 0 saturated heterocycles. The van der Waals surface area contributed by atoms with Crippen molar-refractivity contribution in [2.45, 2.75) is 44.9 Å². The number of nitrogens with one attached hydrogen (secondary N) is 1. The molecule has 20 heavy (non-hydrogen) atoms. The van der Waals surface area contributed by atoms with Crippen molar-refractivity contribution in [3.8, 4) is 0 Å². The summed E-state index contributed by atoms with van der Waals surface area (Å²) in [6.45, 7) is 11.6. The summed E-state index contributed by atoms with van der Waals surface area (Å²) in [7, 11) is -1.49. The Balaban J connectivity index is 0. The molecule has 0 aromatic heterocycles. The van der Waals surface area contributed by atoms with Crippen LogP contribution in [0, 0.1) is 0 Å². The van der Waals surface area contributed by atoms with E-state index >= 15 is 0 Å². The molecule has 0 spiro atoms. The summed E-state index contributed by atoms with van der Waals surface area (Å²) in [6, 6.07) is 8.77. The molecule has 1 nitrogen and oxygen atoms in total. The molecule has 0 heterocycles. The Hall–Kier alpha value is 0.587. The number of hydrogen-bond acceptors (Lipinski definition) is 1. The van der Waals surface area contributed by atoms with Gasteiger partial charge in [-0.3, -0.25) is 0 Å². The van der Waals surface area contributed by atoms with Crippen LogP contribution in [0.25, 0.3) is 6.08 Å². The van der Waals surface area contributed by atoms with Crippen LogP contribution in [-0.2, 0) is 25.8 Å². The first-order chi connectivity index (χ1) is 7.80. The van der Waals surface area contributed by atoms with E-state index in [1.807, 2.05) is 0 Å². The fourth-order valence-corrected chi connectivity index (χ4v) is 6.63. The molecule has 1 aromatic carbocycles. The van der Waals surface area contributed by atoms with Crippen LogP contribution in [0.5, 0.6) is 0 Å². The van der Waals surface area contributed by atoms with Gasteiger partial charge in [-0.25, -0.2) is 0 Å². The summed E-state index contributed by atoms with van der Waals surface area (Å²) < 4.78 is 0. The van der Waals surface area contributed by atoms with Crippen LogP contribution in [0.4, 0.5) is 0 Å². The average Bonchev–Trinajstić information content (AvgIpc) is 2.57. The zero-order chi connectivity index (χ0) is 12.7. The number of fused-ring (bicyclic) bond motifs is 1. The average molecular weight is 495 g/mol. The first kappa shape index (κ1) is 22.9. The molecule has 1 aliphatic rings. The molecule has 1 unspecified atom stereocenters. The van der Waals surface area contributed by atoms with Gasteiger partial charge in [-0.05, 0) is 31.9 Å². The van der Waals surface area contributed by atoms with Crippen molar-refractivity contribution in [2.75, 3.05) is 0 Å². The minimum absolute atomic E-state index is 0. The maximum absolute atomic E-state index is 3.87. The van der Waals surface area contributed by atoms with Crippen LogP contribution in [0.15, 0.2) is 30.3 Å². The molecule has 5 heteroatoms. The van der Waals surface area contributed by atoms with Crippen molar-refractivity contribution >= 4 is 14.3 Å². The van der Waals surface area contributed by atoms with Crippen molar-refractivity contribution in [3.63, 3.8) is 0 Å². The largest absolute Gasteiger partial charge is 1.00 e. The summed E-state index contributed by atoms with van der Waals surface area (Å²) in [5.74, 6) is 0. The van der Waals surface area contributed by atoms with Crippen LogP contribution < -0.4 is 29.8 Å². The Morgan fingerprint density at radius 1 is 1.05 bits per heavy atom. The monoisotopic (exact) mass is 495 g/mol. The van der Waals surface area contributed by atoms with Crippen molar-refractivity contribution < 1.29 is 50.7 Å². The molecule has 1 aromatic rings. The molecular formula is C15H23Cl2HfNSi-2. The number of hydrogen-bond donors (Lipinski definition) is 1. The third-order valence-corrected chi connectivity index (χ3v) is 6.73. The standard InChI is InChI=1S/C15H23NSi.2ClH.Hf/c1-15(2,3)16-17(4,5)14-11-10-12-8-6-7-9-13(12)14;;;/h6-11,14,16H,1-5H3;2*1H;/p-2. The second kappa shape index (κ2) is 8.28. The quantitative estimate of drug-likeness (QED) is 0.466. The van der Waals surface area contributed by atoms with E-state index in [-0.39, 0.29) is 56.2 Å². The maximum atomic E-state index is 3.87. The van der Waals surface area contributed by atoms with Crippen molar-refractivity contribution in [2.24, 2.45) is 0 Å². The third-order valence-electron chi connectivity index (χ3n) is 3.27. The van der Waals surface area contributed by atoms with Crippen molar-refractivity contribution in [1.82, 2.24) is 4.98 Å². The molecule has 0 radical (unpaired) electrons. The molecule has 1 N–H and O–H groups in total. The maximum Gasteiger partial charge on any atom is 0.131 e. The predicted octanol–water partition coefficient (Wildman–Crippen LogP) is -2.07. The van der Waals surface area contributed by atoms with E-state index in [4.69, 9.17) is 0 Å².